The zero-order valence-corrected chi connectivity index (χ0v) is 18.0. The largest absolute Gasteiger partial charge is 0.497 e. The van der Waals surface area contributed by atoms with Gasteiger partial charge in [0.05, 0.1) is 25.8 Å². The zero-order chi connectivity index (χ0) is 20.8. The quantitative estimate of drug-likeness (QED) is 0.723. The van der Waals surface area contributed by atoms with Gasteiger partial charge in [-0.05, 0) is 56.5 Å². The Balaban J connectivity index is 1.34. The van der Waals surface area contributed by atoms with E-state index in [2.05, 4.69) is 16.0 Å². The van der Waals surface area contributed by atoms with Crippen molar-refractivity contribution in [2.24, 2.45) is 0 Å². The van der Waals surface area contributed by atoms with Gasteiger partial charge in [-0.25, -0.2) is 4.98 Å². The van der Waals surface area contributed by atoms with Crippen LogP contribution in [-0.2, 0) is 11.2 Å². The molecule has 6 heteroatoms. The average Bonchev–Trinajstić information content (AvgIpc) is 3.09. The third-order valence-corrected chi connectivity index (χ3v) is 6.26. The fourth-order valence-electron chi connectivity index (χ4n) is 4.57. The van der Waals surface area contributed by atoms with Crippen LogP contribution in [0.5, 0.6) is 5.75 Å². The minimum atomic E-state index is 0.186. The number of aromatic nitrogens is 1. The summed E-state index contributed by atoms with van der Waals surface area (Å²) in [5, 5.41) is 0. The number of nitrogens with zero attached hydrogens (tertiary/aromatic N) is 3. The number of hydrogen-bond donors (Lipinski definition) is 0. The molecule has 0 spiro atoms. The summed E-state index contributed by atoms with van der Waals surface area (Å²) in [7, 11) is 1.68. The molecule has 2 fully saturated rings. The van der Waals surface area contributed by atoms with Gasteiger partial charge in [0.2, 0.25) is 5.91 Å². The van der Waals surface area contributed by atoms with Crippen molar-refractivity contribution in [1.29, 1.82) is 0 Å². The number of carbonyl (C=O) groups is 1. The number of amides is 1. The average molecular weight is 412 g/mol. The van der Waals surface area contributed by atoms with Crippen molar-refractivity contribution in [3.8, 4) is 5.75 Å². The first-order chi connectivity index (χ1) is 14.7. The van der Waals surface area contributed by atoms with Crippen molar-refractivity contribution in [3.63, 3.8) is 0 Å². The highest BCUT2D eigenvalue weighted by atomic mass is 16.5. The summed E-state index contributed by atoms with van der Waals surface area (Å²) in [6.45, 7) is 4.22. The second kappa shape index (κ2) is 10.1. The van der Waals surface area contributed by atoms with Crippen LogP contribution in [0.4, 0.5) is 0 Å². The number of ether oxygens (including phenoxy) is 1. The van der Waals surface area contributed by atoms with E-state index in [4.69, 9.17) is 9.15 Å². The minimum absolute atomic E-state index is 0.186. The molecule has 162 valence electrons. The maximum Gasteiger partial charge on any atom is 0.236 e. The molecule has 0 aliphatic carbocycles. The maximum atomic E-state index is 12.9. The Kier molecular flexibility index (Phi) is 7.05. The topological polar surface area (TPSA) is 58.8 Å². The van der Waals surface area contributed by atoms with Crippen molar-refractivity contribution in [1.82, 2.24) is 14.8 Å². The molecule has 2 aliphatic rings. The molecule has 2 saturated heterocycles. The van der Waals surface area contributed by atoms with Crippen molar-refractivity contribution in [2.45, 2.75) is 50.9 Å². The molecular formula is C24H33N3O3. The van der Waals surface area contributed by atoms with Crippen LogP contribution in [0.1, 0.15) is 61.7 Å². The van der Waals surface area contributed by atoms with E-state index in [1.165, 1.54) is 25.7 Å². The Bertz CT molecular complexity index is 827. The Morgan fingerprint density at radius 3 is 2.80 bits per heavy atom. The molecule has 6 nitrogen and oxygen atoms in total. The van der Waals surface area contributed by atoms with Gasteiger partial charge in [0.1, 0.15) is 11.5 Å². The molecule has 0 saturated carbocycles. The fourth-order valence-corrected chi connectivity index (χ4v) is 4.57. The van der Waals surface area contributed by atoms with Crippen LogP contribution in [0.25, 0.3) is 0 Å². The van der Waals surface area contributed by atoms with Crippen LogP contribution in [0.3, 0.4) is 0 Å². The number of hydrogen-bond acceptors (Lipinski definition) is 5. The molecule has 0 radical (unpaired) electrons. The van der Waals surface area contributed by atoms with E-state index in [1.807, 2.05) is 29.3 Å². The second-order valence-electron chi connectivity index (χ2n) is 8.56. The molecule has 0 N–H and O–H groups in total. The number of oxazole rings is 1. The lowest BCUT2D eigenvalue weighted by molar-refractivity contribution is -0.133. The molecule has 2 aliphatic heterocycles. The first-order valence-corrected chi connectivity index (χ1v) is 11.3. The van der Waals surface area contributed by atoms with Crippen LogP contribution in [0.2, 0.25) is 0 Å². The highest BCUT2D eigenvalue weighted by Crippen LogP contribution is 2.28. The van der Waals surface area contributed by atoms with Gasteiger partial charge in [0.25, 0.3) is 0 Å². The lowest BCUT2D eigenvalue weighted by Crippen LogP contribution is -2.44. The van der Waals surface area contributed by atoms with Crippen molar-refractivity contribution < 1.29 is 13.9 Å². The van der Waals surface area contributed by atoms with Crippen molar-refractivity contribution >= 4 is 5.91 Å². The van der Waals surface area contributed by atoms with E-state index in [-0.39, 0.29) is 11.8 Å². The Morgan fingerprint density at radius 2 is 2.00 bits per heavy atom. The fraction of sp³-hybridized carbons (Fsp3) is 0.583. The van der Waals surface area contributed by atoms with Gasteiger partial charge in [-0.15, -0.1) is 0 Å². The molecule has 1 aromatic heterocycles. The molecule has 1 amide bonds. The van der Waals surface area contributed by atoms with E-state index >= 15 is 0 Å². The van der Waals surface area contributed by atoms with Crippen LogP contribution in [0.15, 0.2) is 34.9 Å². The minimum Gasteiger partial charge on any atom is -0.497 e. The van der Waals surface area contributed by atoms with Gasteiger partial charge in [0, 0.05) is 19.5 Å². The standard InChI is InChI=1S/C24H33N3O3/c1-29-21-10-6-8-19(14-21)15-22-16-25-24(30-22)20-9-7-13-27(17-20)23(28)18-26-11-4-2-3-5-12-26/h6,8,10,14,16,20H,2-5,7,9,11-13,15,17-18H2,1H3/t20-/m1/s1. The number of likely N-dealkylation sites (tertiary alicyclic amines) is 2. The summed E-state index contributed by atoms with van der Waals surface area (Å²) in [6, 6.07) is 8.01. The van der Waals surface area contributed by atoms with E-state index in [1.54, 1.807) is 7.11 Å². The molecule has 0 bridgehead atoms. The first kappa shape index (κ1) is 20.9. The van der Waals surface area contributed by atoms with E-state index in [0.717, 1.165) is 55.4 Å². The lowest BCUT2D eigenvalue weighted by Gasteiger charge is -2.33. The second-order valence-corrected chi connectivity index (χ2v) is 8.56. The summed E-state index contributed by atoms with van der Waals surface area (Å²) in [5.74, 6) is 2.90. The summed E-state index contributed by atoms with van der Waals surface area (Å²) in [6.07, 6.45) is 9.54. The highest BCUT2D eigenvalue weighted by Gasteiger charge is 2.28. The molecule has 1 aromatic carbocycles. The number of methoxy groups -OCH3 is 1. The van der Waals surface area contributed by atoms with Crippen molar-refractivity contribution in [2.75, 3.05) is 39.8 Å². The molecule has 1 atom stereocenters. The molecular weight excluding hydrogens is 378 g/mol. The number of piperidine rings is 1. The summed E-state index contributed by atoms with van der Waals surface area (Å²) in [5.41, 5.74) is 1.13. The predicted octanol–water partition coefficient (Wildman–Crippen LogP) is 3.86. The maximum absolute atomic E-state index is 12.9. The van der Waals surface area contributed by atoms with E-state index < -0.39 is 0 Å². The third kappa shape index (κ3) is 5.42. The van der Waals surface area contributed by atoms with Crippen LogP contribution < -0.4 is 4.74 Å². The molecule has 0 unspecified atom stereocenters. The number of rotatable bonds is 6. The van der Waals surface area contributed by atoms with Crippen LogP contribution >= 0.6 is 0 Å². The molecule has 30 heavy (non-hydrogen) atoms. The Labute approximate surface area is 179 Å². The van der Waals surface area contributed by atoms with Gasteiger partial charge >= 0.3 is 0 Å². The third-order valence-electron chi connectivity index (χ3n) is 6.26. The zero-order valence-electron chi connectivity index (χ0n) is 18.0. The molecule has 2 aromatic rings. The summed E-state index contributed by atoms with van der Waals surface area (Å²) < 4.78 is 11.4. The van der Waals surface area contributed by atoms with Gasteiger partial charge in [-0.2, -0.15) is 0 Å². The van der Waals surface area contributed by atoms with Crippen molar-refractivity contribution in [3.05, 3.63) is 47.7 Å². The Hall–Kier alpha value is -2.34. The van der Waals surface area contributed by atoms with Gasteiger partial charge in [-0.3, -0.25) is 9.69 Å². The predicted molar refractivity (Wildman–Crippen MR) is 116 cm³/mol. The number of carbonyl (C=O) groups excluding carboxylic acids is 1. The molecule has 3 heterocycles. The Morgan fingerprint density at radius 1 is 1.17 bits per heavy atom. The van der Waals surface area contributed by atoms with Gasteiger partial charge in [-0.1, -0.05) is 25.0 Å². The van der Waals surface area contributed by atoms with E-state index in [9.17, 15) is 4.79 Å². The number of benzene rings is 1. The SMILES string of the molecule is COc1cccc(Cc2cnc([C@@H]3CCCN(C(=O)CN4CCCCCC4)C3)o2)c1. The molecule has 4 rings (SSSR count). The van der Waals surface area contributed by atoms with E-state index in [0.29, 0.717) is 19.5 Å². The summed E-state index contributed by atoms with van der Waals surface area (Å²) >= 11 is 0. The smallest absolute Gasteiger partial charge is 0.236 e. The lowest BCUT2D eigenvalue weighted by atomic mass is 9.98. The van der Waals surface area contributed by atoms with Crippen LogP contribution in [0, 0.1) is 0 Å². The van der Waals surface area contributed by atoms with Gasteiger partial charge < -0.3 is 14.1 Å². The monoisotopic (exact) mass is 411 g/mol. The summed E-state index contributed by atoms with van der Waals surface area (Å²) in [4.78, 5) is 21.8. The first-order valence-electron chi connectivity index (χ1n) is 11.3. The van der Waals surface area contributed by atoms with Crippen LogP contribution in [-0.4, -0.2) is 60.5 Å². The normalized spacial score (nSPS) is 20.7. The van der Waals surface area contributed by atoms with Gasteiger partial charge in [0.15, 0.2) is 5.89 Å². The highest BCUT2D eigenvalue weighted by molar-refractivity contribution is 5.78.